The van der Waals surface area contributed by atoms with E-state index in [1.54, 1.807) is 4.90 Å². The Balaban J connectivity index is 1.48. The lowest BCUT2D eigenvalue weighted by atomic mass is 10.1. The second-order valence-corrected chi connectivity index (χ2v) is 8.31. The van der Waals surface area contributed by atoms with Crippen molar-refractivity contribution in [2.24, 2.45) is 5.73 Å². The van der Waals surface area contributed by atoms with Crippen molar-refractivity contribution in [2.45, 2.75) is 12.2 Å². The van der Waals surface area contributed by atoms with E-state index in [0.717, 1.165) is 12.1 Å². The summed E-state index contributed by atoms with van der Waals surface area (Å²) in [7, 11) is 0. The van der Waals surface area contributed by atoms with Gasteiger partial charge >= 0.3 is 0 Å². The van der Waals surface area contributed by atoms with E-state index in [2.05, 4.69) is 5.32 Å². The van der Waals surface area contributed by atoms with Gasteiger partial charge in [0.1, 0.15) is 11.7 Å². The van der Waals surface area contributed by atoms with Crippen molar-refractivity contribution in [1.82, 2.24) is 4.90 Å². The zero-order chi connectivity index (χ0) is 25.8. The molecular weight excluding hydrogens is 473 g/mol. The number of nitrogen functional groups attached to an aromatic ring is 1. The topological polar surface area (TPSA) is 158 Å². The van der Waals surface area contributed by atoms with Crippen LogP contribution in [0.2, 0.25) is 0 Å². The number of hydrogen-bond acceptors (Lipinski definition) is 7. The highest BCUT2D eigenvalue weighted by Crippen LogP contribution is 2.24. The second kappa shape index (κ2) is 10.8. The van der Waals surface area contributed by atoms with Crippen LogP contribution in [0.25, 0.3) is 0 Å². The molecule has 12 heteroatoms. The van der Waals surface area contributed by atoms with Crippen LogP contribution in [0.5, 0.6) is 0 Å². The number of benzene rings is 2. The molecule has 2 atom stereocenters. The average molecular weight is 499 g/mol. The first-order valence-electron chi connectivity index (χ1n) is 11.3. The largest absolute Gasteiger partial charge is 0.384 e. The fourth-order valence-electron chi connectivity index (χ4n) is 3.98. The van der Waals surface area contributed by atoms with E-state index in [4.69, 9.17) is 20.6 Å². The summed E-state index contributed by atoms with van der Waals surface area (Å²) in [5, 5.41) is 20.4. The maximum atomic E-state index is 14.4. The number of aliphatic hydroxyl groups is 1. The van der Waals surface area contributed by atoms with Crippen LogP contribution in [-0.2, 0) is 19.1 Å². The first kappa shape index (κ1) is 25.2. The first-order chi connectivity index (χ1) is 17.2. The Morgan fingerprint density at radius 2 is 1.78 bits per heavy atom. The second-order valence-electron chi connectivity index (χ2n) is 8.31. The average Bonchev–Trinajstić information content (AvgIpc) is 2.88. The molecule has 3 amide bonds. The van der Waals surface area contributed by atoms with Gasteiger partial charge in [-0.15, -0.1) is 0 Å². The molecule has 0 saturated carbocycles. The molecule has 0 aromatic heterocycles. The predicted molar refractivity (Wildman–Crippen MR) is 127 cm³/mol. The van der Waals surface area contributed by atoms with Gasteiger partial charge in [-0.1, -0.05) is 0 Å². The van der Waals surface area contributed by atoms with Crippen LogP contribution < -0.4 is 16.0 Å². The van der Waals surface area contributed by atoms with E-state index < -0.39 is 29.8 Å². The number of nitrogens with zero attached hydrogens (tertiary/aromatic N) is 2. The Kier molecular flexibility index (Phi) is 7.58. The van der Waals surface area contributed by atoms with Crippen molar-refractivity contribution in [3.63, 3.8) is 0 Å². The van der Waals surface area contributed by atoms with Crippen LogP contribution in [0.3, 0.4) is 0 Å². The zero-order valence-corrected chi connectivity index (χ0v) is 19.3. The maximum absolute atomic E-state index is 14.4. The minimum absolute atomic E-state index is 0.0166. The Morgan fingerprint density at radius 1 is 1.08 bits per heavy atom. The molecule has 5 N–H and O–H groups in total. The first-order valence-corrected chi connectivity index (χ1v) is 11.3. The summed E-state index contributed by atoms with van der Waals surface area (Å²) in [4.78, 5) is 41.3. The molecule has 190 valence electrons. The molecule has 4 rings (SSSR count). The molecule has 2 aliphatic rings. The number of carbonyl (C=O) groups is 3. The van der Waals surface area contributed by atoms with Gasteiger partial charge in [0.05, 0.1) is 19.8 Å². The summed E-state index contributed by atoms with van der Waals surface area (Å²) >= 11 is 0. The minimum atomic E-state index is -1.85. The van der Waals surface area contributed by atoms with Crippen LogP contribution in [0.15, 0.2) is 42.5 Å². The van der Waals surface area contributed by atoms with Crippen molar-refractivity contribution in [2.75, 3.05) is 49.7 Å². The minimum Gasteiger partial charge on any atom is -0.384 e. The van der Waals surface area contributed by atoms with Crippen molar-refractivity contribution in [3.8, 4) is 0 Å². The van der Waals surface area contributed by atoms with E-state index in [1.807, 2.05) is 0 Å². The lowest BCUT2D eigenvalue weighted by molar-refractivity contribution is -0.150. The number of ether oxygens (including phenoxy) is 2. The van der Waals surface area contributed by atoms with Crippen molar-refractivity contribution in [3.05, 3.63) is 59.4 Å². The lowest BCUT2D eigenvalue weighted by Crippen LogP contribution is -2.55. The Bertz CT molecular complexity index is 1170. The van der Waals surface area contributed by atoms with Gasteiger partial charge in [-0.3, -0.25) is 19.8 Å². The SMILES string of the molecule is N=C(N)c1ccc(NC(=O)[C@H](O)[C@H]2OCCN(c3cc(F)cc(C(=O)N4CCOCC4)c3)C2=O)cc1. The van der Waals surface area contributed by atoms with Gasteiger partial charge in [0, 0.05) is 42.1 Å². The summed E-state index contributed by atoms with van der Waals surface area (Å²) in [6.07, 6.45) is -3.38. The van der Waals surface area contributed by atoms with Crippen LogP contribution >= 0.6 is 0 Å². The van der Waals surface area contributed by atoms with E-state index in [9.17, 15) is 23.9 Å². The zero-order valence-electron chi connectivity index (χ0n) is 19.3. The predicted octanol–water partition coefficient (Wildman–Crippen LogP) is 0.314. The molecule has 0 spiro atoms. The van der Waals surface area contributed by atoms with Gasteiger partial charge < -0.3 is 35.4 Å². The third-order valence-electron chi connectivity index (χ3n) is 5.88. The highest BCUT2D eigenvalue weighted by Gasteiger charge is 2.39. The van der Waals surface area contributed by atoms with Crippen molar-refractivity contribution < 1.29 is 33.4 Å². The molecule has 0 aliphatic carbocycles. The smallest absolute Gasteiger partial charge is 0.259 e. The summed E-state index contributed by atoms with van der Waals surface area (Å²) < 4.78 is 25.1. The molecule has 0 unspecified atom stereocenters. The number of carbonyl (C=O) groups excluding carboxylic acids is 3. The molecule has 2 aliphatic heterocycles. The fraction of sp³-hybridized carbons (Fsp3) is 0.333. The fourth-order valence-corrected chi connectivity index (χ4v) is 3.98. The van der Waals surface area contributed by atoms with E-state index >= 15 is 0 Å². The molecule has 11 nitrogen and oxygen atoms in total. The van der Waals surface area contributed by atoms with Crippen LogP contribution in [0.4, 0.5) is 15.8 Å². The monoisotopic (exact) mass is 499 g/mol. The number of amidine groups is 1. The normalized spacial score (nSPS) is 19.1. The van der Waals surface area contributed by atoms with Crippen LogP contribution in [-0.4, -0.2) is 85.2 Å². The number of amides is 3. The molecule has 36 heavy (non-hydrogen) atoms. The third kappa shape index (κ3) is 5.51. The van der Waals surface area contributed by atoms with Gasteiger partial charge in [-0.2, -0.15) is 0 Å². The highest BCUT2D eigenvalue weighted by molar-refractivity contribution is 6.05. The molecule has 2 aromatic carbocycles. The molecule has 2 heterocycles. The molecule has 2 saturated heterocycles. The highest BCUT2D eigenvalue weighted by atomic mass is 19.1. The molecule has 0 radical (unpaired) electrons. The summed E-state index contributed by atoms with van der Waals surface area (Å²) in [6.45, 7) is 1.56. The van der Waals surface area contributed by atoms with Crippen molar-refractivity contribution in [1.29, 1.82) is 5.41 Å². The summed E-state index contributed by atoms with van der Waals surface area (Å²) in [5.41, 5.74) is 6.38. The number of aliphatic hydroxyl groups excluding tert-OH is 1. The number of halogens is 1. The van der Waals surface area contributed by atoms with Gasteiger partial charge in [-0.05, 0) is 42.5 Å². The summed E-state index contributed by atoms with van der Waals surface area (Å²) in [5.74, 6) is -2.85. The molecular formula is C24H26FN5O6. The standard InChI is InChI=1S/C24H26FN5O6/c25-16-11-15(23(33)29-5-8-35-9-6-29)12-18(13-16)30-7-10-36-20(24(30)34)19(31)22(32)28-17-3-1-14(2-4-17)21(26)27/h1-4,11-13,19-20,31H,5-10H2,(H3,26,27)(H,28,32)/t19-,20-/m1/s1. The van der Waals surface area contributed by atoms with Gasteiger partial charge in [0.15, 0.2) is 12.2 Å². The van der Waals surface area contributed by atoms with E-state index in [0.29, 0.717) is 37.6 Å². The molecule has 0 bridgehead atoms. The number of morpholine rings is 2. The van der Waals surface area contributed by atoms with Crippen LogP contribution in [0.1, 0.15) is 15.9 Å². The quantitative estimate of drug-likeness (QED) is 0.329. The number of nitrogens with two attached hydrogens (primary N) is 1. The summed E-state index contributed by atoms with van der Waals surface area (Å²) in [6, 6.07) is 9.66. The number of rotatable bonds is 6. The Morgan fingerprint density at radius 3 is 2.44 bits per heavy atom. The molecule has 2 aromatic rings. The van der Waals surface area contributed by atoms with Crippen LogP contribution in [0, 0.1) is 11.2 Å². The van der Waals surface area contributed by atoms with Crippen molar-refractivity contribution >= 4 is 34.9 Å². The lowest BCUT2D eigenvalue weighted by Gasteiger charge is -2.34. The Hall–Kier alpha value is -3.87. The van der Waals surface area contributed by atoms with Gasteiger partial charge in [0.2, 0.25) is 0 Å². The molecule has 2 fully saturated rings. The van der Waals surface area contributed by atoms with E-state index in [-0.39, 0.29) is 36.1 Å². The maximum Gasteiger partial charge on any atom is 0.259 e. The van der Waals surface area contributed by atoms with Gasteiger partial charge in [0.25, 0.3) is 17.7 Å². The van der Waals surface area contributed by atoms with E-state index in [1.165, 1.54) is 35.2 Å². The third-order valence-corrected chi connectivity index (χ3v) is 5.88. The number of hydrogen-bond donors (Lipinski definition) is 4. The number of anilines is 2. The number of nitrogens with one attached hydrogen (secondary N) is 2. The Labute approximate surface area is 206 Å². The van der Waals surface area contributed by atoms with Gasteiger partial charge in [-0.25, -0.2) is 4.39 Å².